The van der Waals surface area contributed by atoms with E-state index in [1.165, 1.54) is 25.0 Å². The van der Waals surface area contributed by atoms with E-state index in [1.54, 1.807) is 0 Å². The lowest BCUT2D eigenvalue weighted by molar-refractivity contribution is -0.00661. The highest BCUT2D eigenvalue weighted by atomic mass is 35.5. The van der Waals surface area contributed by atoms with Gasteiger partial charge < -0.3 is 4.74 Å². The highest BCUT2D eigenvalue weighted by Gasteiger charge is 2.17. The van der Waals surface area contributed by atoms with E-state index in [2.05, 4.69) is 11.0 Å². The summed E-state index contributed by atoms with van der Waals surface area (Å²) < 4.78 is 17.5. The largest absolute Gasteiger partial charge is 0.489 e. The molecule has 0 spiro atoms. The van der Waals surface area contributed by atoms with Gasteiger partial charge in [0.25, 0.3) is 0 Å². The maximum atomic E-state index is 11.8. The maximum absolute atomic E-state index is 11.8. The molecule has 0 amide bonds. The lowest BCUT2D eigenvalue weighted by atomic mass is 10.3. The van der Waals surface area contributed by atoms with Crippen LogP contribution < -0.4 is 9.68 Å². The highest BCUT2D eigenvalue weighted by Crippen LogP contribution is 2.32. The summed E-state index contributed by atoms with van der Waals surface area (Å²) in [6.45, 7) is 0. The summed E-state index contributed by atoms with van der Waals surface area (Å²) in [5.74, 6) is 0.517. The van der Waals surface area contributed by atoms with Crippen molar-refractivity contribution in [1.29, 1.82) is 0 Å². The molecule has 1 radical (unpaired) electrons. The second-order valence-electron chi connectivity index (χ2n) is 3.61. The van der Waals surface area contributed by atoms with Crippen LogP contribution in [0.1, 0.15) is 25.7 Å². The Morgan fingerprint density at radius 3 is 2.73 bits per heavy atom. The molecule has 1 aliphatic carbocycles. The molecule has 15 heavy (non-hydrogen) atoms. The predicted octanol–water partition coefficient (Wildman–Crippen LogP) is 3.72. The molecule has 81 valence electrons. The minimum atomic E-state index is -0.0289. The van der Waals surface area contributed by atoms with E-state index in [0.717, 1.165) is 12.8 Å². The average molecular weight is 230 g/mol. The lowest BCUT2D eigenvalue weighted by Crippen LogP contribution is -2.10. The molecular weight excluding hydrogens is 219 g/mol. The number of rotatable bonds is 3. The fourth-order valence-electron chi connectivity index (χ4n) is 1.75. The maximum Gasteiger partial charge on any atom is 0.181 e. The Hall–Kier alpha value is -0.960. The van der Waals surface area contributed by atoms with E-state index >= 15 is 0 Å². The number of hydrogen-bond acceptors (Lipinski definition) is 2. The van der Waals surface area contributed by atoms with Crippen LogP contribution in [0.3, 0.4) is 0 Å². The zero-order valence-electron chi connectivity index (χ0n) is 8.13. The van der Waals surface area contributed by atoms with Crippen LogP contribution in [-0.2, 0) is 0 Å². The summed E-state index contributed by atoms with van der Waals surface area (Å²) in [5.41, 5.74) is 0. The molecule has 1 aliphatic rings. The second kappa shape index (κ2) is 4.71. The molecule has 0 heterocycles. The normalized spacial score (nSPS) is 16.7. The standard InChI is InChI=1S/C11H11ClFO2/c12-10-7-9(15-13)5-6-11(10)14-8-3-1-2-4-8/h6-8H,1-4H2. The van der Waals surface area contributed by atoms with Gasteiger partial charge in [-0.1, -0.05) is 11.6 Å². The zero-order chi connectivity index (χ0) is 10.7. The average Bonchev–Trinajstić information content (AvgIpc) is 2.74. The molecule has 0 N–H and O–H groups in total. The van der Waals surface area contributed by atoms with E-state index in [1.807, 2.05) is 0 Å². The van der Waals surface area contributed by atoms with Gasteiger partial charge in [-0.2, -0.15) is 0 Å². The van der Waals surface area contributed by atoms with Gasteiger partial charge in [-0.15, -0.1) is 0 Å². The summed E-state index contributed by atoms with van der Waals surface area (Å²) in [5, 5.41) is 0.355. The van der Waals surface area contributed by atoms with E-state index in [9.17, 15) is 4.53 Å². The fraction of sp³-hybridized carbons (Fsp3) is 0.455. The fourth-order valence-corrected chi connectivity index (χ4v) is 1.95. The van der Waals surface area contributed by atoms with E-state index < -0.39 is 0 Å². The van der Waals surface area contributed by atoms with Crippen LogP contribution in [0.25, 0.3) is 0 Å². The third-order valence-electron chi connectivity index (χ3n) is 2.52. The third-order valence-corrected chi connectivity index (χ3v) is 2.81. The van der Waals surface area contributed by atoms with Crippen LogP contribution in [0.4, 0.5) is 4.53 Å². The van der Waals surface area contributed by atoms with Gasteiger partial charge >= 0.3 is 0 Å². The molecule has 4 heteroatoms. The van der Waals surface area contributed by atoms with Gasteiger partial charge in [-0.25, -0.2) is 0 Å². The van der Waals surface area contributed by atoms with Crippen LogP contribution in [0.2, 0.25) is 5.02 Å². The Morgan fingerprint density at radius 1 is 1.40 bits per heavy atom. The van der Waals surface area contributed by atoms with Crippen molar-refractivity contribution in [2.45, 2.75) is 31.8 Å². The third kappa shape index (κ3) is 2.53. The molecule has 0 atom stereocenters. The molecule has 2 rings (SSSR count). The SMILES string of the molecule is FOc1[c]cc(OC2CCCC2)c(Cl)c1. The van der Waals surface area contributed by atoms with Crippen molar-refractivity contribution in [3.63, 3.8) is 0 Å². The first-order valence-electron chi connectivity index (χ1n) is 4.96. The van der Waals surface area contributed by atoms with Crippen LogP contribution in [0, 0.1) is 6.07 Å². The van der Waals surface area contributed by atoms with Gasteiger partial charge in [-0.3, -0.25) is 4.94 Å². The van der Waals surface area contributed by atoms with Gasteiger partial charge in [0, 0.05) is 16.7 Å². The highest BCUT2D eigenvalue weighted by molar-refractivity contribution is 6.32. The zero-order valence-corrected chi connectivity index (χ0v) is 8.89. The Kier molecular flexibility index (Phi) is 3.31. The van der Waals surface area contributed by atoms with Gasteiger partial charge in [0.2, 0.25) is 0 Å². The topological polar surface area (TPSA) is 18.5 Å². The molecule has 0 bridgehead atoms. The molecular formula is C11H11ClFO2. The van der Waals surface area contributed by atoms with Crippen LogP contribution in [-0.4, -0.2) is 6.10 Å². The molecule has 1 fully saturated rings. The Balaban J connectivity index is 2.07. The lowest BCUT2D eigenvalue weighted by Gasteiger charge is -2.13. The van der Waals surface area contributed by atoms with Crippen molar-refractivity contribution in [2.75, 3.05) is 0 Å². The van der Waals surface area contributed by atoms with Gasteiger partial charge in [0.15, 0.2) is 5.75 Å². The summed E-state index contributed by atoms with van der Waals surface area (Å²) in [7, 11) is 0. The molecule has 0 aromatic heterocycles. The minimum absolute atomic E-state index is 0.0289. The number of hydrogen-bond donors (Lipinski definition) is 0. The molecule has 1 aromatic rings. The van der Waals surface area contributed by atoms with Crippen molar-refractivity contribution in [3.8, 4) is 11.5 Å². The van der Waals surface area contributed by atoms with Gasteiger partial charge in [-0.05, 0) is 31.7 Å². The van der Waals surface area contributed by atoms with Crippen molar-refractivity contribution in [3.05, 3.63) is 23.2 Å². The van der Waals surface area contributed by atoms with Crippen molar-refractivity contribution >= 4 is 11.6 Å². The number of benzene rings is 1. The molecule has 1 aromatic carbocycles. The molecule has 0 aliphatic heterocycles. The Morgan fingerprint density at radius 2 is 2.13 bits per heavy atom. The predicted molar refractivity (Wildman–Crippen MR) is 54.9 cm³/mol. The first-order valence-corrected chi connectivity index (χ1v) is 5.34. The van der Waals surface area contributed by atoms with Crippen molar-refractivity contribution < 1.29 is 14.2 Å². The molecule has 1 saturated carbocycles. The number of halogens is 2. The summed E-state index contributed by atoms with van der Waals surface area (Å²) in [6.07, 6.45) is 4.72. The van der Waals surface area contributed by atoms with Gasteiger partial charge in [0.05, 0.1) is 11.1 Å². The summed E-state index contributed by atoms with van der Waals surface area (Å²) in [6, 6.07) is 5.46. The molecule has 2 nitrogen and oxygen atoms in total. The van der Waals surface area contributed by atoms with Gasteiger partial charge in [0.1, 0.15) is 5.75 Å². The quantitative estimate of drug-likeness (QED) is 0.786. The summed E-state index contributed by atoms with van der Waals surface area (Å²) >= 11 is 5.89. The minimum Gasteiger partial charge on any atom is -0.489 e. The Labute approximate surface area is 92.8 Å². The van der Waals surface area contributed by atoms with Crippen LogP contribution in [0.5, 0.6) is 11.5 Å². The van der Waals surface area contributed by atoms with Crippen molar-refractivity contribution in [1.82, 2.24) is 0 Å². The second-order valence-corrected chi connectivity index (χ2v) is 4.02. The molecule has 0 unspecified atom stereocenters. The van der Waals surface area contributed by atoms with E-state index in [0.29, 0.717) is 10.8 Å². The molecule has 0 saturated heterocycles. The monoisotopic (exact) mass is 229 g/mol. The van der Waals surface area contributed by atoms with E-state index in [4.69, 9.17) is 16.3 Å². The smallest absolute Gasteiger partial charge is 0.181 e. The number of ether oxygens (including phenoxy) is 1. The first-order chi connectivity index (χ1) is 7.29. The van der Waals surface area contributed by atoms with Crippen molar-refractivity contribution in [2.24, 2.45) is 0 Å². The Bertz CT molecular complexity index is 337. The van der Waals surface area contributed by atoms with E-state index in [-0.39, 0.29) is 11.9 Å². The first kappa shape index (κ1) is 10.6. The van der Waals surface area contributed by atoms with Crippen LogP contribution in [0.15, 0.2) is 12.1 Å². The van der Waals surface area contributed by atoms with Crippen LogP contribution >= 0.6 is 11.6 Å². The summed E-state index contributed by atoms with van der Waals surface area (Å²) in [4.78, 5) is 3.52.